The van der Waals surface area contributed by atoms with Crippen molar-refractivity contribution in [2.75, 3.05) is 6.61 Å². The summed E-state index contributed by atoms with van der Waals surface area (Å²) in [5.74, 6) is 0.504. The number of aromatic carboxylic acids is 1. The summed E-state index contributed by atoms with van der Waals surface area (Å²) in [6.45, 7) is 5.04. The molecule has 0 spiro atoms. The van der Waals surface area contributed by atoms with Crippen LogP contribution >= 0.6 is 0 Å². The van der Waals surface area contributed by atoms with Gasteiger partial charge in [0.05, 0.1) is 12.2 Å². The lowest BCUT2D eigenvalue weighted by Gasteiger charge is -2.11. The smallest absolute Gasteiger partial charge is 0.335 e. The van der Waals surface area contributed by atoms with Gasteiger partial charge in [0.2, 0.25) is 0 Å². The van der Waals surface area contributed by atoms with Crippen molar-refractivity contribution in [1.82, 2.24) is 0 Å². The summed E-state index contributed by atoms with van der Waals surface area (Å²) in [5, 5.41) is 8.89. The van der Waals surface area contributed by atoms with Crippen LogP contribution in [-0.2, 0) is 0 Å². The molecule has 2 aromatic carbocycles. The average molecular weight is 284 g/mol. The third-order valence-electron chi connectivity index (χ3n) is 3.55. The maximum atomic E-state index is 10.8. The van der Waals surface area contributed by atoms with Crippen LogP contribution in [0.5, 0.6) is 5.75 Å². The van der Waals surface area contributed by atoms with Gasteiger partial charge >= 0.3 is 5.97 Å². The van der Waals surface area contributed by atoms with Gasteiger partial charge in [-0.25, -0.2) is 4.79 Å². The quantitative estimate of drug-likeness (QED) is 0.851. The molecule has 1 atom stereocenters. The minimum atomic E-state index is -0.907. The normalized spacial score (nSPS) is 11.9. The molecule has 0 radical (unpaired) electrons. The first-order chi connectivity index (χ1) is 10.1. The largest absolute Gasteiger partial charge is 0.493 e. The average Bonchev–Trinajstić information content (AvgIpc) is 2.53. The highest BCUT2D eigenvalue weighted by molar-refractivity contribution is 5.88. The van der Waals surface area contributed by atoms with E-state index in [9.17, 15) is 4.79 Å². The first-order valence-electron chi connectivity index (χ1n) is 7.16. The van der Waals surface area contributed by atoms with Gasteiger partial charge in [-0.3, -0.25) is 0 Å². The zero-order valence-electron chi connectivity index (χ0n) is 12.4. The van der Waals surface area contributed by atoms with Crippen LogP contribution in [0, 0.1) is 5.92 Å². The molecule has 0 aromatic heterocycles. The van der Waals surface area contributed by atoms with Crippen molar-refractivity contribution in [3.63, 3.8) is 0 Å². The fourth-order valence-electron chi connectivity index (χ4n) is 1.91. The van der Waals surface area contributed by atoms with E-state index in [0.717, 1.165) is 29.9 Å². The van der Waals surface area contributed by atoms with Gasteiger partial charge in [0.1, 0.15) is 5.75 Å². The van der Waals surface area contributed by atoms with Crippen molar-refractivity contribution in [2.24, 2.45) is 5.92 Å². The van der Waals surface area contributed by atoms with Gasteiger partial charge in [-0.15, -0.1) is 0 Å². The van der Waals surface area contributed by atoms with Gasteiger partial charge in [0, 0.05) is 0 Å². The van der Waals surface area contributed by atoms with Crippen LogP contribution < -0.4 is 4.74 Å². The number of carbonyl (C=O) groups is 1. The summed E-state index contributed by atoms with van der Waals surface area (Å²) < 4.78 is 5.72. The van der Waals surface area contributed by atoms with Crippen LogP contribution in [0.15, 0.2) is 48.5 Å². The summed E-state index contributed by atoms with van der Waals surface area (Å²) in [4.78, 5) is 10.8. The molecule has 0 fully saturated rings. The fraction of sp³-hybridized carbons (Fsp3) is 0.278. The molecular formula is C18H20O3. The standard InChI is InChI=1S/C18H20O3/c1-3-13(2)12-21-17-10-8-15(9-11-17)14-4-6-16(7-5-14)18(19)20/h4-11,13H,3,12H2,1-2H3,(H,19,20). The van der Waals surface area contributed by atoms with Crippen LogP contribution in [-0.4, -0.2) is 17.7 Å². The molecule has 2 aromatic rings. The minimum Gasteiger partial charge on any atom is -0.493 e. The maximum Gasteiger partial charge on any atom is 0.335 e. The van der Waals surface area contributed by atoms with Crippen molar-refractivity contribution >= 4 is 5.97 Å². The predicted octanol–water partition coefficient (Wildman–Crippen LogP) is 4.48. The summed E-state index contributed by atoms with van der Waals surface area (Å²) in [5.41, 5.74) is 2.34. The Hall–Kier alpha value is -2.29. The zero-order valence-corrected chi connectivity index (χ0v) is 12.4. The number of rotatable bonds is 6. The molecule has 3 heteroatoms. The van der Waals surface area contributed by atoms with Gasteiger partial charge in [0.25, 0.3) is 0 Å². The van der Waals surface area contributed by atoms with Gasteiger partial charge in [0.15, 0.2) is 0 Å². The van der Waals surface area contributed by atoms with E-state index < -0.39 is 5.97 Å². The molecule has 0 saturated carbocycles. The molecule has 21 heavy (non-hydrogen) atoms. The van der Waals surface area contributed by atoms with E-state index in [1.165, 1.54) is 0 Å². The first-order valence-corrected chi connectivity index (χ1v) is 7.16. The highest BCUT2D eigenvalue weighted by atomic mass is 16.5. The van der Waals surface area contributed by atoms with Gasteiger partial charge in [-0.2, -0.15) is 0 Å². The van der Waals surface area contributed by atoms with Crippen LogP contribution in [0.3, 0.4) is 0 Å². The van der Waals surface area contributed by atoms with Crippen LogP contribution in [0.1, 0.15) is 30.6 Å². The summed E-state index contributed by atoms with van der Waals surface area (Å²) in [6, 6.07) is 14.7. The number of benzene rings is 2. The highest BCUT2D eigenvalue weighted by Crippen LogP contribution is 2.23. The Morgan fingerprint density at radius 3 is 2.05 bits per heavy atom. The number of carboxylic acid groups (broad SMARTS) is 1. The van der Waals surface area contributed by atoms with Gasteiger partial charge in [-0.05, 0) is 41.3 Å². The molecule has 0 amide bonds. The summed E-state index contributed by atoms with van der Waals surface area (Å²) >= 11 is 0. The van der Waals surface area contributed by atoms with E-state index in [1.807, 2.05) is 36.4 Å². The second kappa shape index (κ2) is 6.93. The van der Waals surface area contributed by atoms with E-state index in [4.69, 9.17) is 9.84 Å². The Kier molecular flexibility index (Phi) is 4.99. The molecule has 0 bridgehead atoms. The van der Waals surface area contributed by atoms with Crippen molar-refractivity contribution in [1.29, 1.82) is 0 Å². The third-order valence-corrected chi connectivity index (χ3v) is 3.55. The predicted molar refractivity (Wildman–Crippen MR) is 83.8 cm³/mol. The Morgan fingerprint density at radius 2 is 1.57 bits per heavy atom. The molecule has 1 N–H and O–H groups in total. The molecule has 110 valence electrons. The van der Waals surface area contributed by atoms with E-state index in [-0.39, 0.29) is 0 Å². The number of hydrogen-bond donors (Lipinski definition) is 1. The molecule has 2 rings (SSSR count). The van der Waals surface area contributed by atoms with Gasteiger partial charge in [-0.1, -0.05) is 44.5 Å². The molecule has 0 saturated heterocycles. The molecule has 3 nitrogen and oxygen atoms in total. The van der Waals surface area contributed by atoms with E-state index >= 15 is 0 Å². The Morgan fingerprint density at radius 1 is 1.05 bits per heavy atom. The second-order valence-corrected chi connectivity index (χ2v) is 5.23. The molecule has 0 aliphatic heterocycles. The lowest BCUT2D eigenvalue weighted by molar-refractivity contribution is 0.0697. The minimum absolute atomic E-state index is 0.298. The SMILES string of the molecule is CCC(C)COc1ccc(-c2ccc(C(=O)O)cc2)cc1. The maximum absolute atomic E-state index is 10.8. The molecular weight excluding hydrogens is 264 g/mol. The second-order valence-electron chi connectivity index (χ2n) is 5.23. The Labute approximate surface area is 125 Å². The van der Waals surface area contributed by atoms with E-state index in [2.05, 4.69) is 13.8 Å². The van der Waals surface area contributed by atoms with Crippen molar-refractivity contribution in [3.05, 3.63) is 54.1 Å². The molecule has 0 aliphatic rings. The third kappa shape index (κ3) is 4.09. The van der Waals surface area contributed by atoms with Crippen molar-refractivity contribution in [3.8, 4) is 16.9 Å². The van der Waals surface area contributed by atoms with E-state index in [0.29, 0.717) is 11.5 Å². The Balaban J connectivity index is 2.06. The first kappa shape index (κ1) is 15.1. The summed E-state index contributed by atoms with van der Waals surface area (Å²) in [7, 11) is 0. The zero-order chi connectivity index (χ0) is 15.2. The number of ether oxygens (including phenoxy) is 1. The van der Waals surface area contributed by atoms with Crippen molar-refractivity contribution in [2.45, 2.75) is 20.3 Å². The van der Waals surface area contributed by atoms with E-state index in [1.54, 1.807) is 12.1 Å². The monoisotopic (exact) mass is 284 g/mol. The summed E-state index contributed by atoms with van der Waals surface area (Å²) in [6.07, 6.45) is 1.11. The van der Waals surface area contributed by atoms with Crippen molar-refractivity contribution < 1.29 is 14.6 Å². The van der Waals surface area contributed by atoms with Crippen LogP contribution in [0.25, 0.3) is 11.1 Å². The number of hydrogen-bond acceptors (Lipinski definition) is 2. The van der Waals surface area contributed by atoms with Crippen LogP contribution in [0.2, 0.25) is 0 Å². The Bertz CT molecular complexity index is 585. The molecule has 1 unspecified atom stereocenters. The highest BCUT2D eigenvalue weighted by Gasteiger charge is 2.04. The molecule has 0 aliphatic carbocycles. The number of carboxylic acids is 1. The lowest BCUT2D eigenvalue weighted by atomic mass is 10.0. The van der Waals surface area contributed by atoms with Gasteiger partial charge < -0.3 is 9.84 Å². The topological polar surface area (TPSA) is 46.5 Å². The fourth-order valence-corrected chi connectivity index (χ4v) is 1.91. The lowest BCUT2D eigenvalue weighted by Crippen LogP contribution is -2.06. The van der Waals surface area contributed by atoms with Crippen LogP contribution in [0.4, 0.5) is 0 Å². The molecule has 0 heterocycles.